The summed E-state index contributed by atoms with van der Waals surface area (Å²) in [6.07, 6.45) is 3.66. The zero-order chi connectivity index (χ0) is 15.5. The highest BCUT2D eigenvalue weighted by Crippen LogP contribution is 2.30. The maximum atomic E-state index is 12.5. The van der Waals surface area contributed by atoms with Crippen molar-refractivity contribution in [2.45, 2.75) is 4.90 Å². The Morgan fingerprint density at radius 2 is 1.91 bits per heavy atom. The molecule has 1 aromatic carbocycles. The molecule has 110 valence electrons. The largest absolute Gasteiger partial charge is 0.320 e. The first-order valence-corrected chi connectivity index (χ1v) is 8.28. The van der Waals surface area contributed by atoms with E-state index in [-0.39, 0.29) is 5.56 Å². The topological polar surface area (TPSA) is 45.8 Å². The van der Waals surface area contributed by atoms with Gasteiger partial charge in [0.25, 0.3) is 5.56 Å². The van der Waals surface area contributed by atoms with E-state index < -0.39 is 0 Å². The van der Waals surface area contributed by atoms with Crippen LogP contribution >= 0.6 is 23.4 Å². The Hall–Kier alpha value is -2.04. The summed E-state index contributed by atoms with van der Waals surface area (Å²) in [7, 11) is 0. The summed E-state index contributed by atoms with van der Waals surface area (Å²) in [6.45, 7) is 0. The first-order valence-electron chi connectivity index (χ1n) is 6.67. The molecular weight excluding hydrogens is 316 g/mol. The molecule has 0 saturated carbocycles. The highest BCUT2D eigenvalue weighted by molar-refractivity contribution is 7.98. The molecule has 0 aliphatic carbocycles. The molecule has 3 aromatic rings. The van der Waals surface area contributed by atoms with Crippen LogP contribution < -0.4 is 5.56 Å². The number of hydrogen-bond donors (Lipinski definition) is 1. The molecule has 0 aliphatic heterocycles. The van der Waals surface area contributed by atoms with Gasteiger partial charge in [-0.1, -0.05) is 29.8 Å². The van der Waals surface area contributed by atoms with Crippen molar-refractivity contribution in [3.8, 4) is 22.5 Å². The fraction of sp³-hybridized carbons (Fsp3) is 0.0588. The molecule has 0 saturated heterocycles. The van der Waals surface area contributed by atoms with E-state index in [1.807, 2.05) is 42.7 Å². The van der Waals surface area contributed by atoms with E-state index in [2.05, 4.69) is 9.97 Å². The molecule has 0 amide bonds. The van der Waals surface area contributed by atoms with E-state index in [9.17, 15) is 4.79 Å². The standard InChI is InChI=1S/C17H13ClN2OS/c1-22-15-10-14(13-4-2-3-9-19-13)20-17(21)16(15)11-5-7-12(18)8-6-11/h2-10H,1H3,(H,20,21). The predicted molar refractivity (Wildman–Crippen MR) is 92.5 cm³/mol. The maximum Gasteiger partial charge on any atom is 0.257 e. The first-order chi connectivity index (χ1) is 10.7. The highest BCUT2D eigenvalue weighted by atomic mass is 35.5. The number of aromatic nitrogens is 2. The van der Waals surface area contributed by atoms with E-state index in [1.165, 1.54) is 11.8 Å². The lowest BCUT2D eigenvalue weighted by molar-refractivity contribution is 1.17. The van der Waals surface area contributed by atoms with E-state index in [0.717, 1.165) is 16.2 Å². The Kier molecular flexibility index (Phi) is 4.32. The molecule has 2 aromatic heterocycles. The molecule has 1 N–H and O–H groups in total. The summed E-state index contributed by atoms with van der Waals surface area (Å²) in [4.78, 5) is 20.7. The van der Waals surface area contributed by atoms with Crippen LogP contribution in [0.25, 0.3) is 22.5 Å². The molecule has 0 bridgehead atoms. The minimum absolute atomic E-state index is 0.130. The van der Waals surface area contributed by atoms with Crippen LogP contribution in [0.2, 0.25) is 5.02 Å². The van der Waals surface area contributed by atoms with E-state index in [4.69, 9.17) is 11.6 Å². The highest BCUT2D eigenvalue weighted by Gasteiger charge is 2.12. The van der Waals surface area contributed by atoms with Gasteiger partial charge in [-0.3, -0.25) is 9.78 Å². The molecule has 3 rings (SSSR count). The van der Waals surface area contributed by atoms with E-state index in [0.29, 0.717) is 16.3 Å². The minimum atomic E-state index is -0.130. The van der Waals surface area contributed by atoms with Crippen LogP contribution in [0.1, 0.15) is 0 Å². The number of benzene rings is 1. The van der Waals surface area contributed by atoms with Crippen molar-refractivity contribution in [2.75, 3.05) is 6.26 Å². The normalized spacial score (nSPS) is 10.6. The molecule has 2 heterocycles. The third-order valence-corrected chi connectivity index (χ3v) is 4.30. The van der Waals surface area contributed by atoms with Gasteiger partial charge in [-0.15, -0.1) is 11.8 Å². The van der Waals surface area contributed by atoms with Crippen LogP contribution in [0.3, 0.4) is 0 Å². The zero-order valence-electron chi connectivity index (χ0n) is 11.8. The van der Waals surface area contributed by atoms with Crippen molar-refractivity contribution in [1.29, 1.82) is 0 Å². The summed E-state index contributed by atoms with van der Waals surface area (Å²) >= 11 is 7.46. The number of thioether (sulfide) groups is 1. The smallest absolute Gasteiger partial charge is 0.257 e. The number of nitrogens with one attached hydrogen (secondary N) is 1. The SMILES string of the molecule is CSc1cc(-c2ccccn2)[nH]c(=O)c1-c1ccc(Cl)cc1. The summed E-state index contributed by atoms with van der Waals surface area (Å²) in [6, 6.07) is 14.8. The average Bonchev–Trinajstić information content (AvgIpc) is 2.56. The Morgan fingerprint density at radius 1 is 1.14 bits per heavy atom. The second kappa shape index (κ2) is 6.38. The fourth-order valence-corrected chi connectivity index (χ4v) is 3.02. The summed E-state index contributed by atoms with van der Waals surface area (Å²) in [5.74, 6) is 0. The molecule has 0 radical (unpaired) electrons. The fourth-order valence-electron chi connectivity index (χ4n) is 2.25. The molecule has 0 atom stereocenters. The summed E-state index contributed by atoms with van der Waals surface area (Å²) in [5, 5.41) is 0.649. The second-order valence-electron chi connectivity index (χ2n) is 4.68. The summed E-state index contributed by atoms with van der Waals surface area (Å²) in [5.41, 5.74) is 2.84. The minimum Gasteiger partial charge on any atom is -0.320 e. The molecular formula is C17H13ClN2OS. The van der Waals surface area contributed by atoms with Gasteiger partial charge in [0, 0.05) is 16.1 Å². The number of halogens is 1. The van der Waals surface area contributed by atoms with E-state index >= 15 is 0 Å². The van der Waals surface area contributed by atoms with Gasteiger partial charge in [0.15, 0.2) is 0 Å². The van der Waals surface area contributed by atoms with Crippen molar-refractivity contribution in [1.82, 2.24) is 9.97 Å². The molecule has 3 nitrogen and oxygen atoms in total. The number of hydrogen-bond acceptors (Lipinski definition) is 3. The van der Waals surface area contributed by atoms with Crippen molar-refractivity contribution in [3.63, 3.8) is 0 Å². The van der Waals surface area contributed by atoms with Gasteiger partial charge >= 0.3 is 0 Å². The average molecular weight is 329 g/mol. The van der Waals surface area contributed by atoms with Crippen LogP contribution in [-0.4, -0.2) is 16.2 Å². The monoisotopic (exact) mass is 328 g/mol. The van der Waals surface area contributed by atoms with Gasteiger partial charge in [-0.2, -0.15) is 0 Å². The zero-order valence-corrected chi connectivity index (χ0v) is 13.4. The van der Waals surface area contributed by atoms with Gasteiger partial charge in [0.05, 0.1) is 17.0 Å². The van der Waals surface area contributed by atoms with Gasteiger partial charge in [0.1, 0.15) is 0 Å². The molecule has 22 heavy (non-hydrogen) atoms. The molecule has 0 aliphatic rings. The van der Waals surface area contributed by atoms with E-state index in [1.54, 1.807) is 18.3 Å². The molecule has 0 spiro atoms. The molecule has 0 unspecified atom stereocenters. The van der Waals surface area contributed by atoms with Crippen LogP contribution in [0.5, 0.6) is 0 Å². The van der Waals surface area contributed by atoms with Gasteiger partial charge in [-0.25, -0.2) is 0 Å². The first kappa shape index (κ1) is 14.9. The van der Waals surface area contributed by atoms with Gasteiger partial charge in [0.2, 0.25) is 0 Å². The van der Waals surface area contributed by atoms with Crippen molar-refractivity contribution < 1.29 is 0 Å². The Bertz CT molecular complexity index is 845. The second-order valence-corrected chi connectivity index (χ2v) is 5.96. The summed E-state index contributed by atoms with van der Waals surface area (Å²) < 4.78 is 0. The lowest BCUT2D eigenvalue weighted by Gasteiger charge is -2.09. The van der Waals surface area contributed by atoms with Crippen molar-refractivity contribution in [2.24, 2.45) is 0 Å². The van der Waals surface area contributed by atoms with Crippen LogP contribution in [0.15, 0.2) is 64.4 Å². The maximum absolute atomic E-state index is 12.5. The van der Waals surface area contributed by atoms with Crippen molar-refractivity contribution in [3.05, 3.63) is 70.1 Å². The molecule has 5 heteroatoms. The Morgan fingerprint density at radius 3 is 2.55 bits per heavy atom. The van der Waals surface area contributed by atoms with Crippen LogP contribution in [0.4, 0.5) is 0 Å². The van der Waals surface area contributed by atoms with Crippen LogP contribution in [0, 0.1) is 0 Å². The van der Waals surface area contributed by atoms with Crippen LogP contribution in [-0.2, 0) is 0 Å². The number of rotatable bonds is 3. The van der Waals surface area contributed by atoms with Gasteiger partial charge < -0.3 is 4.98 Å². The Balaban J connectivity index is 2.17. The number of H-pyrrole nitrogens is 1. The van der Waals surface area contributed by atoms with Gasteiger partial charge in [-0.05, 0) is 42.2 Å². The Labute approximate surface area is 137 Å². The van der Waals surface area contributed by atoms with Crippen molar-refractivity contribution >= 4 is 23.4 Å². The molecule has 0 fully saturated rings. The quantitative estimate of drug-likeness (QED) is 0.721. The third kappa shape index (κ3) is 2.93. The number of aromatic amines is 1. The lowest BCUT2D eigenvalue weighted by atomic mass is 10.1. The number of nitrogens with zero attached hydrogens (tertiary/aromatic N) is 1. The third-order valence-electron chi connectivity index (χ3n) is 3.29. The lowest BCUT2D eigenvalue weighted by Crippen LogP contribution is -2.11. The number of pyridine rings is 2. The predicted octanol–water partition coefficient (Wildman–Crippen LogP) is 4.48.